The number of hydrogen-bond acceptors (Lipinski definition) is 7. The normalized spacial score (nSPS) is 12.8. The van der Waals surface area contributed by atoms with Crippen molar-refractivity contribution in [2.45, 2.75) is 33.2 Å². The first-order valence-corrected chi connectivity index (χ1v) is 11.6. The average molecular weight is 483 g/mol. The van der Waals surface area contributed by atoms with Crippen LogP contribution in [0.2, 0.25) is 0 Å². The van der Waals surface area contributed by atoms with Crippen LogP contribution >= 0.6 is 23.6 Å². The maximum atomic E-state index is 12.9. The van der Waals surface area contributed by atoms with Gasteiger partial charge in [-0.05, 0) is 43.8 Å². The standard InChI is InChI=1S/C22H22N6O3S2/c1-4-6-10-28-19(30)14-8-7-13(11-15(14)20(28)31)18(29)24-21-23-12(3)16(33-21)17-25-26-22(32)27(17)9-5-2/h5,7-8,11H,2,4,6,9-10H2,1,3H3,(H,26,32)(H,23,24,29). The number of nitrogens with zero attached hydrogens (tertiary/aromatic N) is 4. The van der Waals surface area contributed by atoms with Crippen LogP contribution in [0.4, 0.5) is 5.13 Å². The summed E-state index contributed by atoms with van der Waals surface area (Å²) < 4.78 is 2.26. The third-order valence-electron chi connectivity index (χ3n) is 5.26. The number of imide groups is 1. The Morgan fingerprint density at radius 3 is 2.79 bits per heavy atom. The van der Waals surface area contributed by atoms with Crippen LogP contribution in [-0.4, -0.2) is 48.9 Å². The van der Waals surface area contributed by atoms with Crippen LogP contribution < -0.4 is 5.32 Å². The van der Waals surface area contributed by atoms with Crippen LogP contribution in [0.5, 0.6) is 0 Å². The highest BCUT2D eigenvalue weighted by molar-refractivity contribution is 7.71. The molecule has 0 aliphatic carbocycles. The summed E-state index contributed by atoms with van der Waals surface area (Å²) in [6, 6.07) is 4.54. The molecule has 2 N–H and O–H groups in total. The van der Waals surface area contributed by atoms with Gasteiger partial charge in [-0.3, -0.25) is 34.3 Å². The maximum absolute atomic E-state index is 12.9. The summed E-state index contributed by atoms with van der Waals surface area (Å²) in [7, 11) is 0. The van der Waals surface area contributed by atoms with Crippen LogP contribution in [0.1, 0.15) is 56.5 Å². The molecule has 0 saturated carbocycles. The molecule has 170 valence electrons. The number of H-pyrrole nitrogens is 1. The van der Waals surface area contributed by atoms with Crippen molar-refractivity contribution >= 4 is 46.4 Å². The number of rotatable bonds is 8. The van der Waals surface area contributed by atoms with Crippen LogP contribution in [0, 0.1) is 11.7 Å². The highest BCUT2D eigenvalue weighted by Gasteiger charge is 2.35. The topological polar surface area (TPSA) is 113 Å². The number of aromatic amines is 1. The lowest BCUT2D eigenvalue weighted by molar-refractivity contribution is 0.0652. The van der Waals surface area contributed by atoms with Gasteiger partial charge in [-0.25, -0.2) is 4.98 Å². The van der Waals surface area contributed by atoms with Gasteiger partial charge >= 0.3 is 0 Å². The van der Waals surface area contributed by atoms with E-state index in [2.05, 4.69) is 27.1 Å². The molecule has 0 saturated heterocycles. The minimum Gasteiger partial charge on any atom is -0.298 e. The number of carbonyl (C=O) groups excluding carboxylic acids is 3. The van der Waals surface area contributed by atoms with Crippen LogP contribution in [-0.2, 0) is 6.54 Å². The van der Waals surface area contributed by atoms with E-state index in [1.54, 1.807) is 16.7 Å². The summed E-state index contributed by atoms with van der Waals surface area (Å²) in [6.45, 7) is 8.41. The molecule has 3 amide bonds. The largest absolute Gasteiger partial charge is 0.298 e. The number of benzene rings is 1. The number of amides is 3. The number of unbranched alkanes of at least 4 members (excludes halogenated alkanes) is 1. The van der Waals surface area contributed by atoms with E-state index in [-0.39, 0.29) is 22.9 Å². The zero-order chi connectivity index (χ0) is 23.7. The Morgan fingerprint density at radius 2 is 2.06 bits per heavy atom. The van der Waals surface area contributed by atoms with Gasteiger partial charge in [0.05, 0.1) is 21.7 Å². The fourth-order valence-electron chi connectivity index (χ4n) is 3.57. The molecular weight excluding hydrogens is 460 g/mol. The predicted molar refractivity (Wildman–Crippen MR) is 128 cm³/mol. The number of allylic oxidation sites excluding steroid dienone is 1. The predicted octanol–water partition coefficient (Wildman–Crippen LogP) is 4.21. The number of hydrogen-bond donors (Lipinski definition) is 2. The van der Waals surface area contributed by atoms with Crippen molar-refractivity contribution in [1.29, 1.82) is 0 Å². The van der Waals surface area contributed by atoms with Gasteiger partial charge in [-0.1, -0.05) is 30.8 Å². The quantitative estimate of drug-likeness (QED) is 0.283. The molecule has 0 bridgehead atoms. The van der Waals surface area contributed by atoms with Crippen molar-refractivity contribution in [3.05, 3.63) is 58.0 Å². The number of fused-ring (bicyclic) bond motifs is 1. The van der Waals surface area contributed by atoms with Gasteiger partial charge in [0.25, 0.3) is 17.7 Å². The Kier molecular flexibility index (Phi) is 6.34. The zero-order valence-corrected chi connectivity index (χ0v) is 19.8. The first-order valence-electron chi connectivity index (χ1n) is 10.4. The molecule has 0 spiro atoms. The van der Waals surface area contributed by atoms with E-state index in [4.69, 9.17) is 12.2 Å². The number of aromatic nitrogens is 4. The molecule has 1 aromatic carbocycles. The van der Waals surface area contributed by atoms with Gasteiger partial charge in [0.2, 0.25) is 0 Å². The van der Waals surface area contributed by atoms with Crippen molar-refractivity contribution in [3.8, 4) is 10.7 Å². The summed E-state index contributed by atoms with van der Waals surface area (Å²) in [6.07, 6.45) is 3.33. The highest BCUT2D eigenvalue weighted by Crippen LogP contribution is 2.32. The average Bonchev–Trinajstić information content (AvgIpc) is 3.41. The number of nitrogens with one attached hydrogen (secondary N) is 2. The molecule has 4 rings (SSSR count). The summed E-state index contributed by atoms with van der Waals surface area (Å²) in [5, 5.41) is 10.2. The summed E-state index contributed by atoms with van der Waals surface area (Å²) in [5.74, 6) is -0.487. The molecule has 0 unspecified atom stereocenters. The molecular formula is C22H22N6O3S2. The number of anilines is 1. The lowest BCUT2D eigenvalue weighted by atomic mass is 10.1. The number of aryl methyl sites for hydroxylation is 1. The Labute approximate surface area is 199 Å². The molecule has 0 atom stereocenters. The molecule has 9 nitrogen and oxygen atoms in total. The van der Waals surface area contributed by atoms with Gasteiger partial charge in [0, 0.05) is 18.7 Å². The van der Waals surface area contributed by atoms with Gasteiger partial charge < -0.3 is 0 Å². The van der Waals surface area contributed by atoms with E-state index in [0.717, 1.165) is 17.7 Å². The maximum Gasteiger partial charge on any atom is 0.261 e. The molecule has 1 aliphatic heterocycles. The van der Waals surface area contributed by atoms with Gasteiger partial charge in [-0.15, -0.1) is 6.58 Å². The third-order valence-corrected chi connectivity index (χ3v) is 6.64. The minimum atomic E-state index is -0.421. The molecule has 3 heterocycles. The second kappa shape index (κ2) is 9.20. The van der Waals surface area contributed by atoms with Gasteiger partial charge in [0.15, 0.2) is 15.7 Å². The minimum absolute atomic E-state index is 0.250. The van der Waals surface area contributed by atoms with Gasteiger partial charge in [-0.2, -0.15) is 5.10 Å². The summed E-state index contributed by atoms with van der Waals surface area (Å²) >= 11 is 6.54. The monoisotopic (exact) mass is 482 g/mol. The molecule has 3 aromatic rings. The molecule has 1 aliphatic rings. The second-order valence-corrected chi connectivity index (χ2v) is 8.90. The van der Waals surface area contributed by atoms with E-state index < -0.39 is 5.91 Å². The molecule has 0 fully saturated rings. The Balaban J connectivity index is 1.56. The zero-order valence-electron chi connectivity index (χ0n) is 18.2. The lowest BCUT2D eigenvalue weighted by Gasteiger charge is -2.12. The summed E-state index contributed by atoms with van der Waals surface area (Å²) in [5.41, 5.74) is 1.54. The van der Waals surface area contributed by atoms with Crippen molar-refractivity contribution in [3.63, 3.8) is 0 Å². The Bertz CT molecular complexity index is 1340. The molecule has 0 radical (unpaired) electrons. The fourth-order valence-corrected chi connectivity index (χ4v) is 4.73. The Hall–Kier alpha value is -3.44. The lowest BCUT2D eigenvalue weighted by Crippen LogP contribution is -2.30. The fraction of sp³-hybridized carbons (Fsp3) is 0.273. The number of thiazole rings is 1. The van der Waals surface area contributed by atoms with Crippen LogP contribution in [0.25, 0.3) is 10.7 Å². The van der Waals surface area contributed by atoms with Crippen molar-refractivity contribution < 1.29 is 14.4 Å². The molecule has 2 aromatic heterocycles. The molecule has 33 heavy (non-hydrogen) atoms. The first-order chi connectivity index (χ1) is 15.8. The highest BCUT2D eigenvalue weighted by atomic mass is 32.1. The van der Waals surface area contributed by atoms with Crippen LogP contribution in [0.15, 0.2) is 30.9 Å². The van der Waals surface area contributed by atoms with E-state index in [1.165, 1.54) is 28.4 Å². The smallest absolute Gasteiger partial charge is 0.261 e. The van der Waals surface area contributed by atoms with Gasteiger partial charge in [0.1, 0.15) is 0 Å². The number of carbonyl (C=O) groups is 3. The van der Waals surface area contributed by atoms with E-state index >= 15 is 0 Å². The molecule has 11 heteroatoms. The Morgan fingerprint density at radius 1 is 1.30 bits per heavy atom. The van der Waals surface area contributed by atoms with Crippen molar-refractivity contribution in [1.82, 2.24) is 24.6 Å². The second-order valence-electron chi connectivity index (χ2n) is 7.52. The summed E-state index contributed by atoms with van der Waals surface area (Å²) in [4.78, 5) is 44.5. The van der Waals surface area contributed by atoms with E-state index in [1.807, 2.05) is 13.8 Å². The SMILES string of the molecule is C=CCn1c(-c2sc(NC(=O)c3ccc4c(c3)C(=O)N(CCCC)C4=O)nc2C)n[nH]c1=S. The van der Waals surface area contributed by atoms with Crippen molar-refractivity contribution in [2.24, 2.45) is 0 Å². The van der Waals surface area contributed by atoms with Crippen LogP contribution in [0.3, 0.4) is 0 Å². The van der Waals surface area contributed by atoms with Crippen molar-refractivity contribution in [2.75, 3.05) is 11.9 Å². The van der Waals surface area contributed by atoms with E-state index in [9.17, 15) is 14.4 Å². The van der Waals surface area contributed by atoms with E-state index in [0.29, 0.717) is 40.1 Å². The first kappa shape index (κ1) is 22.7. The third kappa shape index (κ3) is 4.16.